The molecule has 21 heavy (non-hydrogen) atoms. The molecule has 0 saturated heterocycles. The maximum Gasteiger partial charge on any atom is 0.202 e. The molecule has 2 aromatic carbocycles. The fourth-order valence-electron chi connectivity index (χ4n) is 2.24. The Balaban J connectivity index is 1.91. The Kier molecular flexibility index (Phi) is 3.64. The van der Waals surface area contributed by atoms with Gasteiger partial charge in [0.15, 0.2) is 5.76 Å². The zero-order chi connectivity index (χ0) is 15.0. The fourth-order valence-corrected chi connectivity index (χ4v) is 2.63. The van der Waals surface area contributed by atoms with E-state index in [9.17, 15) is 9.18 Å². The van der Waals surface area contributed by atoms with Crippen LogP contribution in [0.15, 0.2) is 51.4 Å². The van der Waals surface area contributed by atoms with Gasteiger partial charge in [-0.25, -0.2) is 4.39 Å². The molecule has 1 aromatic heterocycles. The van der Waals surface area contributed by atoms with Crippen LogP contribution in [-0.2, 0) is 6.42 Å². The average Bonchev–Trinajstić information content (AvgIpc) is 2.86. The van der Waals surface area contributed by atoms with Gasteiger partial charge < -0.3 is 4.42 Å². The first-order valence-corrected chi connectivity index (χ1v) is 7.29. The van der Waals surface area contributed by atoms with Crippen LogP contribution in [-0.4, -0.2) is 5.78 Å². The van der Waals surface area contributed by atoms with E-state index < -0.39 is 0 Å². The van der Waals surface area contributed by atoms with E-state index in [4.69, 9.17) is 4.42 Å². The Labute approximate surface area is 129 Å². The summed E-state index contributed by atoms with van der Waals surface area (Å²) in [6.07, 6.45) is 0.0944. The zero-order valence-corrected chi connectivity index (χ0v) is 12.9. The molecule has 0 unspecified atom stereocenters. The second kappa shape index (κ2) is 5.45. The van der Waals surface area contributed by atoms with Gasteiger partial charge in [-0.3, -0.25) is 4.79 Å². The minimum atomic E-state index is -0.360. The number of rotatable bonds is 3. The van der Waals surface area contributed by atoms with Crippen molar-refractivity contribution in [1.82, 2.24) is 0 Å². The lowest BCUT2D eigenvalue weighted by Crippen LogP contribution is -2.03. The highest BCUT2D eigenvalue weighted by Crippen LogP contribution is 2.24. The highest BCUT2D eigenvalue weighted by atomic mass is 79.9. The number of carbonyl (C=O) groups is 1. The molecule has 3 aromatic rings. The molecule has 0 aliphatic rings. The van der Waals surface area contributed by atoms with Gasteiger partial charge in [0.1, 0.15) is 11.4 Å². The predicted octanol–water partition coefficient (Wildman–Crippen LogP) is 5.07. The summed E-state index contributed by atoms with van der Waals surface area (Å²) in [6, 6.07) is 11.8. The van der Waals surface area contributed by atoms with Crippen LogP contribution in [0.3, 0.4) is 0 Å². The molecule has 4 heteroatoms. The highest BCUT2D eigenvalue weighted by molar-refractivity contribution is 9.10. The van der Waals surface area contributed by atoms with Crippen LogP contribution in [0.4, 0.5) is 4.39 Å². The van der Waals surface area contributed by atoms with Crippen molar-refractivity contribution in [2.24, 2.45) is 0 Å². The normalized spacial score (nSPS) is 11.0. The number of carbonyl (C=O) groups excluding carboxylic acids is 1. The fraction of sp³-hybridized carbons (Fsp3) is 0.118. The second-order valence-corrected chi connectivity index (χ2v) is 5.84. The van der Waals surface area contributed by atoms with E-state index in [2.05, 4.69) is 15.9 Å². The number of furan rings is 1. The van der Waals surface area contributed by atoms with E-state index in [1.165, 1.54) is 12.1 Å². The van der Waals surface area contributed by atoms with Gasteiger partial charge in [0.2, 0.25) is 5.78 Å². The van der Waals surface area contributed by atoms with Crippen LogP contribution in [0.1, 0.15) is 21.7 Å². The molecule has 0 aliphatic heterocycles. The molecule has 0 aliphatic carbocycles. The highest BCUT2D eigenvalue weighted by Gasteiger charge is 2.15. The lowest BCUT2D eigenvalue weighted by molar-refractivity contribution is 0.0968. The number of fused-ring (bicyclic) bond motifs is 1. The van der Waals surface area contributed by atoms with Crippen molar-refractivity contribution in [3.8, 4) is 0 Å². The standard InChI is InChI=1S/C17H12BrFO2/c1-10-2-5-16-12(6-10)9-17(21-16)15(20)8-11-7-13(19)3-4-14(11)18/h2-7,9H,8H2,1H3. The van der Waals surface area contributed by atoms with Gasteiger partial charge >= 0.3 is 0 Å². The van der Waals surface area contributed by atoms with E-state index >= 15 is 0 Å². The minimum Gasteiger partial charge on any atom is -0.453 e. The average molecular weight is 347 g/mol. The lowest BCUT2D eigenvalue weighted by atomic mass is 10.1. The summed E-state index contributed by atoms with van der Waals surface area (Å²) in [5.41, 5.74) is 2.40. The van der Waals surface area contributed by atoms with Crippen LogP contribution in [0.2, 0.25) is 0 Å². The number of benzene rings is 2. The Morgan fingerprint density at radius 1 is 1.19 bits per heavy atom. The molecule has 0 spiro atoms. The Morgan fingerprint density at radius 3 is 2.81 bits per heavy atom. The van der Waals surface area contributed by atoms with Crippen molar-refractivity contribution >= 4 is 32.7 Å². The number of hydrogen-bond acceptors (Lipinski definition) is 2. The number of hydrogen-bond donors (Lipinski definition) is 0. The Bertz CT molecular complexity index is 836. The lowest BCUT2D eigenvalue weighted by Gasteiger charge is -2.02. The Hall–Kier alpha value is -1.94. The van der Waals surface area contributed by atoms with Gasteiger partial charge in [-0.1, -0.05) is 27.6 Å². The van der Waals surface area contributed by atoms with Crippen LogP contribution < -0.4 is 0 Å². The largest absolute Gasteiger partial charge is 0.453 e. The van der Waals surface area contributed by atoms with Crippen LogP contribution in [0, 0.1) is 12.7 Å². The van der Waals surface area contributed by atoms with Gasteiger partial charge in [0.25, 0.3) is 0 Å². The van der Waals surface area contributed by atoms with Crippen molar-refractivity contribution in [2.75, 3.05) is 0 Å². The molecule has 0 bridgehead atoms. The molecule has 106 valence electrons. The van der Waals surface area contributed by atoms with Crippen LogP contribution >= 0.6 is 15.9 Å². The number of ketones is 1. The zero-order valence-electron chi connectivity index (χ0n) is 11.3. The number of halogens is 2. The van der Waals surface area contributed by atoms with E-state index in [0.29, 0.717) is 21.4 Å². The summed E-state index contributed by atoms with van der Waals surface area (Å²) < 4.78 is 19.5. The summed E-state index contributed by atoms with van der Waals surface area (Å²) in [5.74, 6) is -0.233. The number of aryl methyl sites for hydroxylation is 1. The molecule has 1 heterocycles. The van der Waals surface area contributed by atoms with E-state index in [-0.39, 0.29) is 18.0 Å². The SMILES string of the molecule is Cc1ccc2oc(C(=O)Cc3cc(F)ccc3Br)cc2c1. The first kappa shape index (κ1) is 14.0. The molecule has 3 rings (SSSR count). The first-order valence-electron chi connectivity index (χ1n) is 6.50. The predicted molar refractivity (Wildman–Crippen MR) is 83.1 cm³/mol. The summed E-state index contributed by atoms with van der Waals surface area (Å²) in [4.78, 5) is 12.3. The summed E-state index contributed by atoms with van der Waals surface area (Å²) in [7, 11) is 0. The molecular formula is C17H12BrFO2. The van der Waals surface area contributed by atoms with Gasteiger partial charge in [0.05, 0.1) is 0 Å². The smallest absolute Gasteiger partial charge is 0.202 e. The molecule has 0 saturated carbocycles. The molecular weight excluding hydrogens is 335 g/mol. The third kappa shape index (κ3) is 2.90. The molecule has 0 N–H and O–H groups in total. The van der Waals surface area contributed by atoms with Crippen molar-refractivity contribution in [3.05, 3.63) is 69.6 Å². The summed E-state index contributed by atoms with van der Waals surface area (Å²) in [5, 5.41) is 0.900. The monoisotopic (exact) mass is 346 g/mol. The maximum absolute atomic E-state index is 13.3. The van der Waals surface area contributed by atoms with Gasteiger partial charge in [-0.2, -0.15) is 0 Å². The topological polar surface area (TPSA) is 30.2 Å². The third-order valence-electron chi connectivity index (χ3n) is 3.31. The number of Topliss-reactive ketones (excluding diaryl/α,β-unsaturated/α-hetero) is 1. The molecule has 0 amide bonds. The minimum absolute atomic E-state index is 0.0944. The third-order valence-corrected chi connectivity index (χ3v) is 4.08. The summed E-state index contributed by atoms with van der Waals surface area (Å²) >= 11 is 3.33. The first-order chi connectivity index (χ1) is 10.0. The summed E-state index contributed by atoms with van der Waals surface area (Å²) in [6.45, 7) is 1.98. The molecule has 0 fully saturated rings. The van der Waals surface area contributed by atoms with Gasteiger partial charge in [-0.15, -0.1) is 0 Å². The van der Waals surface area contributed by atoms with Crippen LogP contribution in [0.25, 0.3) is 11.0 Å². The van der Waals surface area contributed by atoms with Crippen molar-refractivity contribution < 1.29 is 13.6 Å². The second-order valence-electron chi connectivity index (χ2n) is 4.99. The van der Waals surface area contributed by atoms with Crippen LogP contribution in [0.5, 0.6) is 0 Å². The maximum atomic E-state index is 13.3. The van der Waals surface area contributed by atoms with Gasteiger partial charge in [0, 0.05) is 16.3 Å². The molecule has 0 radical (unpaired) electrons. The van der Waals surface area contributed by atoms with Gasteiger partial charge in [-0.05, 0) is 48.9 Å². The Morgan fingerprint density at radius 2 is 2.00 bits per heavy atom. The van der Waals surface area contributed by atoms with E-state index in [1.807, 2.05) is 25.1 Å². The molecule has 2 nitrogen and oxygen atoms in total. The van der Waals surface area contributed by atoms with E-state index in [0.717, 1.165) is 10.9 Å². The van der Waals surface area contributed by atoms with E-state index in [1.54, 1.807) is 12.1 Å². The van der Waals surface area contributed by atoms with Crippen molar-refractivity contribution in [3.63, 3.8) is 0 Å². The molecule has 0 atom stereocenters. The van der Waals surface area contributed by atoms with Crippen molar-refractivity contribution in [1.29, 1.82) is 0 Å². The van der Waals surface area contributed by atoms with Crippen molar-refractivity contribution in [2.45, 2.75) is 13.3 Å². The quantitative estimate of drug-likeness (QED) is 0.620.